The van der Waals surface area contributed by atoms with E-state index in [9.17, 15) is 9.18 Å². The normalized spacial score (nSPS) is 16.9. The molecule has 1 aromatic carbocycles. The number of thiazole rings is 1. The topological polar surface area (TPSA) is 48.5 Å². The number of benzene rings is 1. The monoisotopic (exact) mass is 368 g/mol. The van der Waals surface area contributed by atoms with Gasteiger partial charge in [-0.3, -0.25) is 9.69 Å². The summed E-state index contributed by atoms with van der Waals surface area (Å²) in [6.45, 7) is 5.14. The second kappa shape index (κ2) is 7.46. The van der Waals surface area contributed by atoms with Gasteiger partial charge in [-0.05, 0) is 25.1 Å². The number of nitrogens with one attached hydrogen (secondary N) is 1. The highest BCUT2D eigenvalue weighted by molar-refractivity contribution is 7.13. The van der Waals surface area contributed by atoms with Crippen LogP contribution in [0.3, 0.4) is 0 Å². The lowest BCUT2D eigenvalue weighted by Crippen LogP contribution is -2.52. The van der Waals surface area contributed by atoms with Crippen molar-refractivity contribution in [1.29, 1.82) is 0 Å². The lowest BCUT2D eigenvalue weighted by molar-refractivity contribution is -0.120. The maximum absolute atomic E-state index is 13.2. The first-order valence-electron chi connectivity index (χ1n) is 7.69. The third-order valence-corrected chi connectivity index (χ3v) is 5.24. The summed E-state index contributed by atoms with van der Waals surface area (Å²) in [6.07, 6.45) is 1.80. The molecule has 128 valence electrons. The van der Waals surface area contributed by atoms with Gasteiger partial charge in [-0.1, -0.05) is 11.6 Å². The van der Waals surface area contributed by atoms with E-state index in [1.54, 1.807) is 17.5 Å². The molecular weight excluding hydrogens is 351 g/mol. The van der Waals surface area contributed by atoms with E-state index in [-0.39, 0.29) is 17.0 Å². The summed E-state index contributed by atoms with van der Waals surface area (Å²) >= 11 is 7.37. The SMILES string of the molecule is CC(C(=O)Nc1ccc(F)c(Cl)c1)N1CCN(c2nccs2)CC1. The number of hydrogen-bond acceptors (Lipinski definition) is 5. The van der Waals surface area contributed by atoms with Gasteiger partial charge in [0.15, 0.2) is 5.13 Å². The van der Waals surface area contributed by atoms with E-state index in [1.807, 2.05) is 12.3 Å². The van der Waals surface area contributed by atoms with Crippen LogP contribution in [0, 0.1) is 5.82 Å². The Kier molecular flexibility index (Phi) is 5.33. The van der Waals surface area contributed by atoms with Crippen LogP contribution < -0.4 is 10.2 Å². The number of amides is 1. The van der Waals surface area contributed by atoms with E-state index in [0.717, 1.165) is 31.3 Å². The molecule has 1 aliphatic rings. The van der Waals surface area contributed by atoms with Crippen molar-refractivity contribution in [2.45, 2.75) is 13.0 Å². The summed E-state index contributed by atoms with van der Waals surface area (Å²) in [5.74, 6) is -0.624. The second-order valence-corrected chi connectivity index (χ2v) is 6.91. The van der Waals surface area contributed by atoms with Crippen molar-refractivity contribution in [2.24, 2.45) is 0 Å². The predicted molar refractivity (Wildman–Crippen MR) is 95.4 cm³/mol. The first kappa shape index (κ1) is 17.1. The fraction of sp³-hybridized carbons (Fsp3) is 0.375. The minimum Gasteiger partial charge on any atom is -0.346 e. The number of carbonyl (C=O) groups excluding carboxylic acids is 1. The van der Waals surface area contributed by atoms with Crippen LogP contribution in [0.5, 0.6) is 0 Å². The van der Waals surface area contributed by atoms with Gasteiger partial charge >= 0.3 is 0 Å². The maximum Gasteiger partial charge on any atom is 0.241 e. The van der Waals surface area contributed by atoms with Crippen LogP contribution in [0.1, 0.15) is 6.92 Å². The molecule has 1 aliphatic heterocycles. The molecule has 3 rings (SSSR count). The molecule has 5 nitrogen and oxygen atoms in total. The number of aromatic nitrogens is 1. The summed E-state index contributed by atoms with van der Waals surface area (Å²) in [5, 5.41) is 5.77. The Morgan fingerprint density at radius 3 is 2.75 bits per heavy atom. The first-order chi connectivity index (χ1) is 11.5. The first-order valence-corrected chi connectivity index (χ1v) is 8.95. The van der Waals surface area contributed by atoms with Gasteiger partial charge in [0.25, 0.3) is 0 Å². The van der Waals surface area contributed by atoms with Gasteiger partial charge in [0.1, 0.15) is 5.82 Å². The number of hydrogen-bond donors (Lipinski definition) is 1. The van der Waals surface area contributed by atoms with Gasteiger partial charge in [0.05, 0.1) is 11.1 Å². The molecule has 0 aliphatic carbocycles. The summed E-state index contributed by atoms with van der Waals surface area (Å²) in [7, 11) is 0. The van der Waals surface area contributed by atoms with E-state index >= 15 is 0 Å². The standard InChI is InChI=1S/C16H18ClFN4OS/c1-11(15(23)20-12-2-3-14(18)13(17)10-12)21-5-7-22(8-6-21)16-19-4-9-24-16/h2-4,9-11H,5-8H2,1H3,(H,20,23). The van der Waals surface area contributed by atoms with Crippen LogP contribution in [0.25, 0.3) is 0 Å². The van der Waals surface area contributed by atoms with Crippen molar-refractivity contribution >= 4 is 39.7 Å². The third kappa shape index (κ3) is 3.85. The zero-order valence-electron chi connectivity index (χ0n) is 13.2. The number of anilines is 2. The van der Waals surface area contributed by atoms with E-state index < -0.39 is 5.82 Å². The second-order valence-electron chi connectivity index (χ2n) is 5.63. The molecule has 8 heteroatoms. The molecule has 1 saturated heterocycles. The van der Waals surface area contributed by atoms with Gasteiger partial charge in [-0.15, -0.1) is 11.3 Å². The zero-order chi connectivity index (χ0) is 17.1. The van der Waals surface area contributed by atoms with Gasteiger partial charge in [-0.2, -0.15) is 0 Å². The molecule has 24 heavy (non-hydrogen) atoms. The Hall–Kier alpha value is -1.70. The largest absolute Gasteiger partial charge is 0.346 e. The minimum absolute atomic E-state index is 0.00230. The Balaban J connectivity index is 1.55. The highest BCUT2D eigenvalue weighted by Gasteiger charge is 2.26. The van der Waals surface area contributed by atoms with E-state index in [4.69, 9.17) is 11.6 Å². The van der Waals surface area contributed by atoms with Crippen LogP contribution in [0.2, 0.25) is 5.02 Å². The van der Waals surface area contributed by atoms with E-state index in [1.165, 1.54) is 18.2 Å². The van der Waals surface area contributed by atoms with Crippen LogP contribution >= 0.6 is 22.9 Å². The maximum atomic E-state index is 13.2. The van der Waals surface area contributed by atoms with Gasteiger partial charge in [0.2, 0.25) is 5.91 Å². The minimum atomic E-state index is -0.499. The van der Waals surface area contributed by atoms with Crippen molar-refractivity contribution in [2.75, 3.05) is 36.4 Å². The number of carbonyl (C=O) groups is 1. The lowest BCUT2D eigenvalue weighted by atomic mass is 10.2. The zero-order valence-corrected chi connectivity index (χ0v) is 14.8. The van der Waals surface area contributed by atoms with Crippen molar-refractivity contribution in [1.82, 2.24) is 9.88 Å². The molecule has 0 radical (unpaired) electrons. The number of halogens is 2. The Morgan fingerprint density at radius 1 is 1.38 bits per heavy atom. The summed E-state index contributed by atoms with van der Waals surface area (Å²) in [4.78, 5) is 21.1. The van der Waals surface area contributed by atoms with Crippen LogP contribution in [0.4, 0.5) is 15.2 Å². The fourth-order valence-corrected chi connectivity index (χ4v) is 3.54. The van der Waals surface area contributed by atoms with Crippen molar-refractivity contribution < 1.29 is 9.18 Å². The predicted octanol–water partition coefficient (Wildman–Crippen LogP) is 3.08. The molecule has 0 saturated carbocycles. The van der Waals surface area contributed by atoms with Gasteiger partial charge < -0.3 is 10.2 Å². The van der Waals surface area contributed by atoms with Crippen LogP contribution in [-0.2, 0) is 4.79 Å². The summed E-state index contributed by atoms with van der Waals surface area (Å²) < 4.78 is 13.2. The molecule has 1 atom stereocenters. The summed E-state index contributed by atoms with van der Waals surface area (Å²) in [5.41, 5.74) is 0.500. The molecule has 2 aromatic rings. The molecule has 1 N–H and O–H groups in total. The highest BCUT2D eigenvalue weighted by Crippen LogP contribution is 2.21. The third-order valence-electron chi connectivity index (χ3n) is 4.12. The molecular formula is C16H18ClFN4OS. The summed E-state index contributed by atoms with van der Waals surface area (Å²) in [6, 6.07) is 3.90. The molecule has 2 heterocycles. The highest BCUT2D eigenvalue weighted by atomic mass is 35.5. The molecule has 0 bridgehead atoms. The van der Waals surface area contributed by atoms with Crippen molar-refractivity contribution in [3.8, 4) is 0 Å². The quantitative estimate of drug-likeness (QED) is 0.901. The van der Waals surface area contributed by atoms with E-state index in [0.29, 0.717) is 5.69 Å². The molecule has 1 aromatic heterocycles. The number of piperazine rings is 1. The van der Waals surface area contributed by atoms with Crippen molar-refractivity contribution in [3.05, 3.63) is 40.6 Å². The number of nitrogens with zero attached hydrogens (tertiary/aromatic N) is 3. The average Bonchev–Trinajstić information content (AvgIpc) is 3.12. The fourth-order valence-electron chi connectivity index (χ4n) is 2.66. The smallest absolute Gasteiger partial charge is 0.241 e. The molecule has 1 fully saturated rings. The van der Waals surface area contributed by atoms with E-state index in [2.05, 4.69) is 20.1 Å². The van der Waals surface area contributed by atoms with Crippen molar-refractivity contribution in [3.63, 3.8) is 0 Å². The molecule has 0 spiro atoms. The van der Waals surface area contributed by atoms with Crippen LogP contribution in [-0.4, -0.2) is 48.0 Å². The van der Waals surface area contributed by atoms with Gasteiger partial charge in [-0.25, -0.2) is 9.37 Å². The van der Waals surface area contributed by atoms with Gasteiger partial charge in [0, 0.05) is 43.4 Å². The molecule has 1 unspecified atom stereocenters. The Labute approximate surface area is 149 Å². The molecule has 1 amide bonds. The average molecular weight is 369 g/mol. The number of rotatable bonds is 4. The van der Waals surface area contributed by atoms with Crippen LogP contribution in [0.15, 0.2) is 29.8 Å². The Morgan fingerprint density at radius 2 is 2.12 bits per heavy atom. The lowest BCUT2D eigenvalue weighted by Gasteiger charge is -2.37. The Bertz CT molecular complexity index is 704.